The summed E-state index contributed by atoms with van der Waals surface area (Å²) >= 11 is 0. The number of pyridine rings is 1. The van der Waals surface area contributed by atoms with Crippen LogP contribution in [0.3, 0.4) is 0 Å². The van der Waals surface area contributed by atoms with E-state index in [4.69, 9.17) is 5.11 Å². The Bertz CT molecular complexity index is 743. The third-order valence-corrected chi connectivity index (χ3v) is 5.05. The number of hydrogen-bond donors (Lipinski definition) is 1. The highest BCUT2D eigenvalue weighted by atomic mass is 16.4. The number of carboxylic acids is 1. The summed E-state index contributed by atoms with van der Waals surface area (Å²) in [5.74, 6) is -0.260. The summed E-state index contributed by atoms with van der Waals surface area (Å²) in [6, 6.07) is 4.99. The first kappa shape index (κ1) is 17.4. The second-order valence-corrected chi connectivity index (χ2v) is 7.02. The second kappa shape index (κ2) is 7.64. The summed E-state index contributed by atoms with van der Waals surface area (Å²) < 4.78 is 2.03. The van der Waals surface area contributed by atoms with Crippen LogP contribution in [0.1, 0.15) is 59.8 Å². The summed E-state index contributed by atoms with van der Waals surface area (Å²) in [6.07, 6.45) is 11.4. The van der Waals surface area contributed by atoms with Gasteiger partial charge >= 0.3 is 5.97 Å². The molecule has 0 amide bonds. The number of carbonyl (C=O) groups is 2. The SMILES string of the molecule is Cc1ccn([C@@H](CC2CCCC2)C(=O)Cc2ccc(C(=O)O)cn2)c1. The summed E-state index contributed by atoms with van der Waals surface area (Å²) in [5.41, 5.74) is 1.91. The van der Waals surface area contributed by atoms with Crippen molar-refractivity contribution in [3.8, 4) is 0 Å². The van der Waals surface area contributed by atoms with Gasteiger partial charge in [0.2, 0.25) is 0 Å². The summed E-state index contributed by atoms with van der Waals surface area (Å²) in [4.78, 5) is 28.0. The molecule has 5 nitrogen and oxygen atoms in total. The molecule has 0 spiro atoms. The van der Waals surface area contributed by atoms with Crippen molar-refractivity contribution in [2.24, 2.45) is 5.92 Å². The molecule has 0 radical (unpaired) electrons. The topological polar surface area (TPSA) is 72.2 Å². The van der Waals surface area contributed by atoms with Crippen LogP contribution in [-0.4, -0.2) is 26.4 Å². The van der Waals surface area contributed by atoms with Crippen LogP contribution in [0.25, 0.3) is 0 Å². The standard InChI is InChI=1S/C20H24N2O3/c1-14-8-9-22(13-14)18(10-15-4-2-3-5-15)19(23)11-17-7-6-16(12-21-17)20(24)25/h6-9,12-13,15,18H,2-5,10-11H2,1H3,(H,24,25)/t18-/m0/s1. The zero-order chi connectivity index (χ0) is 17.8. The molecule has 1 saturated carbocycles. The first-order valence-corrected chi connectivity index (χ1v) is 8.88. The van der Waals surface area contributed by atoms with Crippen LogP contribution in [0.15, 0.2) is 36.8 Å². The van der Waals surface area contributed by atoms with Gasteiger partial charge in [0.25, 0.3) is 0 Å². The highest BCUT2D eigenvalue weighted by molar-refractivity contribution is 5.87. The van der Waals surface area contributed by atoms with Crippen molar-refractivity contribution in [1.82, 2.24) is 9.55 Å². The van der Waals surface area contributed by atoms with E-state index in [0.29, 0.717) is 11.6 Å². The third kappa shape index (κ3) is 4.35. The predicted octanol–water partition coefficient (Wildman–Crippen LogP) is 3.82. The van der Waals surface area contributed by atoms with Gasteiger partial charge in [0, 0.05) is 24.3 Å². The maximum atomic E-state index is 13.0. The fourth-order valence-electron chi connectivity index (χ4n) is 3.65. The molecule has 2 heterocycles. The van der Waals surface area contributed by atoms with E-state index in [1.807, 2.05) is 30.0 Å². The van der Waals surface area contributed by atoms with E-state index in [1.165, 1.54) is 37.9 Å². The Balaban J connectivity index is 1.74. The molecule has 2 aromatic rings. The van der Waals surface area contributed by atoms with Crippen LogP contribution >= 0.6 is 0 Å². The molecule has 1 aliphatic carbocycles. The Morgan fingerprint density at radius 3 is 2.60 bits per heavy atom. The van der Waals surface area contributed by atoms with Gasteiger partial charge in [-0.1, -0.05) is 25.7 Å². The average molecular weight is 340 g/mol. The largest absolute Gasteiger partial charge is 0.478 e. The molecule has 5 heteroatoms. The minimum Gasteiger partial charge on any atom is -0.478 e. The van der Waals surface area contributed by atoms with E-state index >= 15 is 0 Å². The molecule has 132 valence electrons. The third-order valence-electron chi connectivity index (χ3n) is 5.05. The Morgan fingerprint density at radius 1 is 1.28 bits per heavy atom. The van der Waals surface area contributed by atoms with Crippen LogP contribution in [0.2, 0.25) is 0 Å². The minimum absolute atomic E-state index is 0.137. The van der Waals surface area contributed by atoms with Crippen LogP contribution in [0, 0.1) is 12.8 Å². The Labute approximate surface area is 147 Å². The van der Waals surface area contributed by atoms with Gasteiger partial charge in [-0.3, -0.25) is 9.78 Å². The first-order chi connectivity index (χ1) is 12.0. The number of carboxylic acid groups (broad SMARTS) is 1. The molecule has 0 aromatic carbocycles. The van der Waals surface area contributed by atoms with Gasteiger partial charge < -0.3 is 9.67 Å². The van der Waals surface area contributed by atoms with Crippen molar-refractivity contribution in [2.45, 2.75) is 51.5 Å². The van der Waals surface area contributed by atoms with Crippen LogP contribution in [0.4, 0.5) is 0 Å². The number of nitrogens with zero attached hydrogens (tertiary/aromatic N) is 2. The van der Waals surface area contributed by atoms with Gasteiger partial charge in [-0.2, -0.15) is 0 Å². The molecular formula is C20H24N2O3. The van der Waals surface area contributed by atoms with Crippen molar-refractivity contribution >= 4 is 11.8 Å². The lowest BCUT2D eigenvalue weighted by Crippen LogP contribution is -2.23. The molecule has 0 bridgehead atoms. The Morgan fingerprint density at radius 2 is 2.04 bits per heavy atom. The maximum Gasteiger partial charge on any atom is 0.337 e. The Hall–Kier alpha value is -2.43. The van der Waals surface area contributed by atoms with Gasteiger partial charge in [-0.25, -0.2) is 4.79 Å². The van der Waals surface area contributed by atoms with Gasteiger partial charge in [0.1, 0.15) is 0 Å². The van der Waals surface area contributed by atoms with E-state index in [0.717, 1.165) is 12.0 Å². The van der Waals surface area contributed by atoms with Crippen LogP contribution in [-0.2, 0) is 11.2 Å². The number of ketones is 1. The lowest BCUT2D eigenvalue weighted by molar-refractivity contribution is -0.122. The van der Waals surface area contributed by atoms with Crippen molar-refractivity contribution < 1.29 is 14.7 Å². The Kier molecular flexibility index (Phi) is 5.31. The van der Waals surface area contributed by atoms with Crippen molar-refractivity contribution in [3.05, 3.63) is 53.6 Å². The zero-order valence-electron chi connectivity index (χ0n) is 14.5. The van der Waals surface area contributed by atoms with Gasteiger partial charge in [-0.05, 0) is 43.0 Å². The van der Waals surface area contributed by atoms with E-state index in [1.54, 1.807) is 6.07 Å². The highest BCUT2D eigenvalue weighted by Crippen LogP contribution is 2.33. The summed E-state index contributed by atoms with van der Waals surface area (Å²) in [6.45, 7) is 2.03. The monoisotopic (exact) mass is 340 g/mol. The number of rotatable bonds is 7. The predicted molar refractivity (Wildman–Crippen MR) is 94.7 cm³/mol. The lowest BCUT2D eigenvalue weighted by atomic mass is 9.94. The molecule has 1 N–H and O–H groups in total. The van der Waals surface area contributed by atoms with E-state index in [-0.39, 0.29) is 23.8 Å². The molecule has 0 saturated heterocycles. The van der Waals surface area contributed by atoms with E-state index in [9.17, 15) is 9.59 Å². The highest BCUT2D eigenvalue weighted by Gasteiger charge is 2.26. The van der Waals surface area contributed by atoms with E-state index < -0.39 is 5.97 Å². The number of Topliss-reactive ketones (excluding diaryl/α,β-unsaturated/α-hetero) is 1. The van der Waals surface area contributed by atoms with Crippen molar-refractivity contribution in [3.63, 3.8) is 0 Å². The first-order valence-electron chi connectivity index (χ1n) is 8.88. The minimum atomic E-state index is -1.01. The number of aromatic nitrogens is 2. The lowest BCUT2D eigenvalue weighted by Gasteiger charge is -2.21. The number of aromatic carboxylic acids is 1. The van der Waals surface area contributed by atoms with Crippen molar-refractivity contribution in [1.29, 1.82) is 0 Å². The quantitative estimate of drug-likeness (QED) is 0.831. The molecule has 0 aliphatic heterocycles. The molecule has 3 rings (SSSR count). The summed E-state index contributed by atoms with van der Waals surface area (Å²) in [7, 11) is 0. The molecule has 1 fully saturated rings. The van der Waals surface area contributed by atoms with Gasteiger partial charge in [0.05, 0.1) is 18.0 Å². The fourth-order valence-corrected chi connectivity index (χ4v) is 3.65. The van der Waals surface area contributed by atoms with Gasteiger partial charge in [0.15, 0.2) is 5.78 Å². The maximum absolute atomic E-state index is 13.0. The van der Waals surface area contributed by atoms with Gasteiger partial charge in [-0.15, -0.1) is 0 Å². The number of hydrogen-bond acceptors (Lipinski definition) is 3. The molecule has 2 aromatic heterocycles. The van der Waals surface area contributed by atoms with E-state index in [2.05, 4.69) is 4.98 Å². The van der Waals surface area contributed by atoms with Crippen LogP contribution < -0.4 is 0 Å². The molecule has 1 aliphatic rings. The fraction of sp³-hybridized carbons (Fsp3) is 0.450. The second-order valence-electron chi connectivity index (χ2n) is 7.02. The average Bonchev–Trinajstić information content (AvgIpc) is 3.24. The molecule has 1 atom stereocenters. The zero-order valence-corrected chi connectivity index (χ0v) is 14.5. The number of aryl methyl sites for hydroxylation is 1. The molecule has 25 heavy (non-hydrogen) atoms. The normalized spacial score (nSPS) is 16.0. The van der Waals surface area contributed by atoms with Crippen LogP contribution in [0.5, 0.6) is 0 Å². The molecular weight excluding hydrogens is 316 g/mol. The summed E-state index contributed by atoms with van der Waals surface area (Å²) in [5, 5.41) is 8.95. The molecule has 0 unspecified atom stereocenters. The number of carbonyl (C=O) groups excluding carboxylic acids is 1. The van der Waals surface area contributed by atoms with Crippen molar-refractivity contribution in [2.75, 3.05) is 0 Å². The smallest absolute Gasteiger partial charge is 0.337 e.